The zero-order valence-electron chi connectivity index (χ0n) is 9.35. The highest BCUT2D eigenvalue weighted by atomic mass is 32.1. The van der Waals surface area contributed by atoms with E-state index in [0.717, 1.165) is 23.5 Å². The van der Waals surface area contributed by atoms with Crippen LogP contribution < -0.4 is 5.73 Å². The van der Waals surface area contributed by atoms with Crippen LogP contribution in [-0.2, 0) is 0 Å². The average molecular weight is 252 g/mol. The summed E-state index contributed by atoms with van der Waals surface area (Å²) < 4.78 is 0. The van der Waals surface area contributed by atoms with Gasteiger partial charge in [-0.25, -0.2) is 4.98 Å². The van der Waals surface area contributed by atoms with Crippen LogP contribution in [0.25, 0.3) is 10.6 Å². The molecule has 1 atom stereocenters. The van der Waals surface area contributed by atoms with E-state index >= 15 is 0 Å². The Hall–Kier alpha value is -0.710. The second-order valence-electron chi connectivity index (χ2n) is 3.81. The van der Waals surface area contributed by atoms with E-state index in [2.05, 4.69) is 34.1 Å². The Balaban J connectivity index is 2.18. The van der Waals surface area contributed by atoms with E-state index < -0.39 is 0 Å². The van der Waals surface area contributed by atoms with Crippen LogP contribution in [0.1, 0.15) is 31.4 Å². The van der Waals surface area contributed by atoms with Crippen molar-refractivity contribution in [3.8, 4) is 10.6 Å². The second kappa shape index (κ2) is 5.57. The molecule has 2 heterocycles. The van der Waals surface area contributed by atoms with Crippen molar-refractivity contribution in [2.45, 2.75) is 25.7 Å². The molecule has 0 aliphatic carbocycles. The summed E-state index contributed by atoms with van der Waals surface area (Å²) in [6, 6.07) is 2.12. The molecule has 0 saturated heterocycles. The van der Waals surface area contributed by atoms with Gasteiger partial charge in [0, 0.05) is 28.8 Å². The van der Waals surface area contributed by atoms with Gasteiger partial charge in [-0.2, -0.15) is 11.3 Å². The van der Waals surface area contributed by atoms with Gasteiger partial charge >= 0.3 is 0 Å². The second-order valence-corrected chi connectivity index (χ2v) is 5.45. The molecule has 2 N–H and O–H groups in total. The van der Waals surface area contributed by atoms with Gasteiger partial charge in [0.1, 0.15) is 5.01 Å². The van der Waals surface area contributed by atoms with E-state index in [0.29, 0.717) is 12.5 Å². The van der Waals surface area contributed by atoms with Crippen molar-refractivity contribution in [1.82, 2.24) is 4.98 Å². The number of rotatable bonds is 5. The van der Waals surface area contributed by atoms with Gasteiger partial charge in [-0.05, 0) is 17.9 Å². The Morgan fingerprint density at radius 2 is 2.31 bits per heavy atom. The first kappa shape index (κ1) is 11.8. The van der Waals surface area contributed by atoms with E-state index in [-0.39, 0.29) is 0 Å². The summed E-state index contributed by atoms with van der Waals surface area (Å²) in [4.78, 5) is 4.69. The summed E-state index contributed by atoms with van der Waals surface area (Å²) >= 11 is 3.43. The highest BCUT2D eigenvalue weighted by Gasteiger charge is 2.13. The summed E-state index contributed by atoms with van der Waals surface area (Å²) in [5, 5.41) is 7.49. The highest BCUT2D eigenvalue weighted by molar-refractivity contribution is 7.14. The third-order valence-electron chi connectivity index (χ3n) is 2.63. The molecule has 0 amide bonds. The van der Waals surface area contributed by atoms with Crippen LogP contribution >= 0.6 is 22.7 Å². The van der Waals surface area contributed by atoms with Crippen molar-refractivity contribution in [3.05, 3.63) is 27.9 Å². The minimum atomic E-state index is 0.425. The van der Waals surface area contributed by atoms with Crippen molar-refractivity contribution >= 4 is 22.7 Å². The fraction of sp³-hybridized carbons (Fsp3) is 0.417. The molecule has 0 aromatic carbocycles. The van der Waals surface area contributed by atoms with Crippen LogP contribution in [0.5, 0.6) is 0 Å². The van der Waals surface area contributed by atoms with Gasteiger partial charge in [0.25, 0.3) is 0 Å². The highest BCUT2D eigenvalue weighted by Crippen LogP contribution is 2.29. The summed E-state index contributed by atoms with van der Waals surface area (Å²) in [5.74, 6) is 0.425. The van der Waals surface area contributed by atoms with Gasteiger partial charge < -0.3 is 5.73 Å². The zero-order chi connectivity index (χ0) is 11.4. The monoisotopic (exact) mass is 252 g/mol. The standard InChI is InChI=1S/C12H16N2S2/c1-2-3-9(6-13)11-8-16-12(14-11)10-4-5-15-7-10/h4-5,7-9H,2-3,6,13H2,1H3. The summed E-state index contributed by atoms with van der Waals surface area (Å²) in [6.45, 7) is 2.88. The smallest absolute Gasteiger partial charge is 0.124 e. The molecular formula is C12H16N2S2. The Bertz CT molecular complexity index is 420. The molecule has 0 aliphatic rings. The molecule has 16 heavy (non-hydrogen) atoms. The van der Waals surface area contributed by atoms with Crippen molar-refractivity contribution in [2.75, 3.05) is 6.54 Å². The molecule has 0 aliphatic heterocycles. The predicted molar refractivity (Wildman–Crippen MR) is 72.1 cm³/mol. The Morgan fingerprint density at radius 1 is 1.44 bits per heavy atom. The average Bonchev–Trinajstić information content (AvgIpc) is 2.95. The minimum absolute atomic E-state index is 0.425. The molecule has 0 saturated carbocycles. The lowest BCUT2D eigenvalue weighted by atomic mass is 10.0. The maximum Gasteiger partial charge on any atom is 0.124 e. The molecule has 0 radical (unpaired) electrons. The lowest BCUT2D eigenvalue weighted by Gasteiger charge is -2.09. The normalized spacial score (nSPS) is 12.9. The van der Waals surface area contributed by atoms with E-state index in [4.69, 9.17) is 5.73 Å². The lowest BCUT2D eigenvalue weighted by Crippen LogP contribution is -2.12. The molecule has 2 rings (SSSR count). The molecular weight excluding hydrogens is 236 g/mol. The van der Waals surface area contributed by atoms with E-state index in [1.54, 1.807) is 22.7 Å². The lowest BCUT2D eigenvalue weighted by molar-refractivity contribution is 0.610. The third-order valence-corrected chi connectivity index (χ3v) is 4.22. The van der Waals surface area contributed by atoms with Crippen molar-refractivity contribution in [1.29, 1.82) is 0 Å². The summed E-state index contributed by atoms with van der Waals surface area (Å²) in [6.07, 6.45) is 2.29. The van der Waals surface area contributed by atoms with Crippen LogP contribution in [-0.4, -0.2) is 11.5 Å². The molecule has 2 nitrogen and oxygen atoms in total. The first-order chi connectivity index (χ1) is 7.85. The SMILES string of the molecule is CCCC(CN)c1csc(-c2ccsc2)n1. The molecule has 4 heteroatoms. The Labute approximate surface area is 104 Å². The van der Waals surface area contributed by atoms with Gasteiger partial charge in [-0.15, -0.1) is 11.3 Å². The zero-order valence-corrected chi connectivity index (χ0v) is 11.0. The Morgan fingerprint density at radius 3 is 2.94 bits per heavy atom. The predicted octanol–water partition coefficient (Wildman–Crippen LogP) is 3.71. The van der Waals surface area contributed by atoms with Crippen LogP contribution in [0.3, 0.4) is 0 Å². The van der Waals surface area contributed by atoms with Crippen molar-refractivity contribution in [3.63, 3.8) is 0 Å². The molecule has 2 aromatic heterocycles. The fourth-order valence-electron chi connectivity index (χ4n) is 1.73. The molecule has 1 unspecified atom stereocenters. The molecule has 2 aromatic rings. The number of aromatic nitrogens is 1. The molecule has 0 spiro atoms. The van der Waals surface area contributed by atoms with Gasteiger partial charge in [-0.1, -0.05) is 13.3 Å². The number of hydrogen-bond acceptors (Lipinski definition) is 4. The van der Waals surface area contributed by atoms with E-state index in [1.807, 2.05) is 0 Å². The number of hydrogen-bond donors (Lipinski definition) is 1. The van der Waals surface area contributed by atoms with Crippen molar-refractivity contribution in [2.24, 2.45) is 5.73 Å². The summed E-state index contributed by atoms with van der Waals surface area (Å²) in [7, 11) is 0. The molecule has 86 valence electrons. The first-order valence-electron chi connectivity index (χ1n) is 5.53. The number of nitrogens with two attached hydrogens (primary N) is 1. The fourth-order valence-corrected chi connectivity index (χ4v) is 3.34. The number of nitrogens with zero attached hydrogens (tertiary/aromatic N) is 1. The van der Waals surface area contributed by atoms with Gasteiger partial charge in [0.15, 0.2) is 0 Å². The first-order valence-corrected chi connectivity index (χ1v) is 7.35. The largest absolute Gasteiger partial charge is 0.330 e. The van der Waals surface area contributed by atoms with Crippen LogP contribution in [0.15, 0.2) is 22.2 Å². The summed E-state index contributed by atoms with van der Waals surface area (Å²) in [5.41, 5.74) is 8.18. The van der Waals surface area contributed by atoms with Gasteiger partial charge in [0.05, 0.1) is 5.69 Å². The van der Waals surface area contributed by atoms with Gasteiger partial charge in [0.2, 0.25) is 0 Å². The van der Waals surface area contributed by atoms with Crippen molar-refractivity contribution < 1.29 is 0 Å². The number of thiophene rings is 1. The minimum Gasteiger partial charge on any atom is -0.330 e. The molecule has 0 fully saturated rings. The van der Waals surface area contributed by atoms with E-state index in [9.17, 15) is 0 Å². The van der Waals surface area contributed by atoms with Gasteiger partial charge in [-0.3, -0.25) is 0 Å². The number of thiazole rings is 1. The third kappa shape index (κ3) is 2.51. The van der Waals surface area contributed by atoms with Crippen LogP contribution in [0.4, 0.5) is 0 Å². The quantitative estimate of drug-likeness (QED) is 0.881. The van der Waals surface area contributed by atoms with Crippen LogP contribution in [0.2, 0.25) is 0 Å². The topological polar surface area (TPSA) is 38.9 Å². The maximum absolute atomic E-state index is 5.79. The Kier molecular flexibility index (Phi) is 4.09. The molecule has 0 bridgehead atoms. The maximum atomic E-state index is 5.79. The van der Waals surface area contributed by atoms with E-state index in [1.165, 1.54) is 5.56 Å². The van der Waals surface area contributed by atoms with Crippen LogP contribution in [0, 0.1) is 0 Å².